The van der Waals surface area contributed by atoms with Crippen molar-refractivity contribution in [2.75, 3.05) is 50.0 Å². The van der Waals surface area contributed by atoms with Crippen molar-refractivity contribution in [3.05, 3.63) is 47.4 Å². The molecule has 1 aliphatic rings. The quantitative estimate of drug-likeness (QED) is 0.650. The third-order valence-electron chi connectivity index (χ3n) is 5.80. The summed E-state index contributed by atoms with van der Waals surface area (Å²) in [6, 6.07) is 10.5. The van der Waals surface area contributed by atoms with E-state index in [1.165, 1.54) is 17.4 Å². The van der Waals surface area contributed by atoms with Crippen molar-refractivity contribution < 1.29 is 4.79 Å². The minimum absolute atomic E-state index is 0.0143. The van der Waals surface area contributed by atoms with Gasteiger partial charge in [0.1, 0.15) is 17.5 Å². The van der Waals surface area contributed by atoms with Crippen LogP contribution < -0.4 is 15.5 Å². The van der Waals surface area contributed by atoms with Crippen LogP contribution in [0.1, 0.15) is 56.4 Å². The van der Waals surface area contributed by atoms with Crippen molar-refractivity contribution in [1.82, 2.24) is 20.2 Å². The van der Waals surface area contributed by atoms with E-state index in [0.29, 0.717) is 24.3 Å². The number of piperazine rings is 1. The van der Waals surface area contributed by atoms with Crippen molar-refractivity contribution in [3.8, 4) is 6.07 Å². The summed E-state index contributed by atoms with van der Waals surface area (Å²) >= 11 is 0. The van der Waals surface area contributed by atoms with Crippen LogP contribution in [-0.4, -0.2) is 66.1 Å². The molecule has 34 heavy (non-hydrogen) atoms. The summed E-state index contributed by atoms with van der Waals surface area (Å²) in [4.78, 5) is 26.2. The van der Waals surface area contributed by atoms with Crippen LogP contribution in [0, 0.1) is 16.7 Å². The van der Waals surface area contributed by atoms with Crippen molar-refractivity contribution in [1.29, 1.82) is 5.26 Å². The molecular weight excluding hydrogens is 426 g/mol. The number of carbonyl (C=O) groups excluding carboxylic acids is 1. The van der Waals surface area contributed by atoms with E-state index in [2.05, 4.69) is 82.5 Å². The van der Waals surface area contributed by atoms with Crippen LogP contribution in [0.25, 0.3) is 0 Å². The standard InChI is InChI=1S/C26H37N7O/c1-25(2,3)18-29-23-21(17-28-22(16-27)30-23)24(34)31-26(4,5)15-19-8-7-9-20(14-19)33-12-10-32(6)11-13-33/h7-9,14,17H,10-13,15,18H2,1-6H3,(H,31,34)(H,28,29,30). The first-order valence-electron chi connectivity index (χ1n) is 11.8. The highest BCUT2D eigenvalue weighted by Crippen LogP contribution is 2.22. The lowest BCUT2D eigenvalue weighted by molar-refractivity contribution is 0.0913. The maximum Gasteiger partial charge on any atom is 0.257 e. The van der Waals surface area contributed by atoms with E-state index in [9.17, 15) is 10.1 Å². The number of nitrogens with zero attached hydrogens (tertiary/aromatic N) is 5. The van der Waals surface area contributed by atoms with Crippen LogP contribution in [0.5, 0.6) is 0 Å². The molecule has 2 N–H and O–H groups in total. The second-order valence-corrected chi connectivity index (χ2v) is 11.0. The van der Waals surface area contributed by atoms with Crippen molar-refractivity contribution in [2.45, 2.75) is 46.6 Å². The van der Waals surface area contributed by atoms with Gasteiger partial charge in [0.2, 0.25) is 5.82 Å². The van der Waals surface area contributed by atoms with Gasteiger partial charge in [-0.05, 0) is 50.4 Å². The molecule has 3 rings (SSSR count). The van der Waals surface area contributed by atoms with Crippen molar-refractivity contribution in [2.24, 2.45) is 5.41 Å². The van der Waals surface area contributed by atoms with Crippen LogP contribution in [0.15, 0.2) is 30.5 Å². The van der Waals surface area contributed by atoms with Crippen molar-refractivity contribution >= 4 is 17.4 Å². The van der Waals surface area contributed by atoms with Gasteiger partial charge in [-0.3, -0.25) is 4.79 Å². The van der Waals surface area contributed by atoms with E-state index in [-0.39, 0.29) is 17.1 Å². The molecule has 1 aromatic carbocycles. The molecule has 0 aliphatic carbocycles. The fourth-order valence-corrected chi connectivity index (χ4v) is 3.94. The van der Waals surface area contributed by atoms with Gasteiger partial charge in [-0.25, -0.2) is 9.97 Å². The minimum atomic E-state index is -0.493. The van der Waals surface area contributed by atoms with Gasteiger partial charge in [-0.2, -0.15) is 5.26 Å². The average molecular weight is 464 g/mol. The van der Waals surface area contributed by atoms with Gasteiger partial charge in [-0.15, -0.1) is 0 Å². The van der Waals surface area contributed by atoms with E-state index in [1.54, 1.807) is 0 Å². The highest BCUT2D eigenvalue weighted by Gasteiger charge is 2.25. The number of benzene rings is 1. The lowest BCUT2D eigenvalue weighted by Gasteiger charge is -2.34. The summed E-state index contributed by atoms with van der Waals surface area (Å²) in [6.07, 6.45) is 2.11. The van der Waals surface area contributed by atoms with Crippen LogP contribution in [0.4, 0.5) is 11.5 Å². The SMILES string of the molecule is CN1CCN(c2cccc(CC(C)(C)NC(=O)c3cnc(C#N)nc3NCC(C)(C)C)c2)CC1. The lowest BCUT2D eigenvalue weighted by atomic mass is 9.94. The summed E-state index contributed by atoms with van der Waals surface area (Å²) in [6.45, 7) is 15.1. The van der Waals surface area contributed by atoms with E-state index < -0.39 is 5.54 Å². The number of hydrogen-bond acceptors (Lipinski definition) is 7. The van der Waals surface area contributed by atoms with Crippen LogP contribution in [0.2, 0.25) is 0 Å². The summed E-state index contributed by atoms with van der Waals surface area (Å²) in [7, 11) is 2.15. The number of carbonyl (C=O) groups is 1. The molecule has 8 heteroatoms. The van der Waals surface area contributed by atoms with Crippen LogP contribution >= 0.6 is 0 Å². The normalized spacial score (nSPS) is 15.0. The Morgan fingerprint density at radius 2 is 1.85 bits per heavy atom. The highest BCUT2D eigenvalue weighted by molar-refractivity contribution is 5.98. The summed E-state index contributed by atoms with van der Waals surface area (Å²) in [5.74, 6) is 0.154. The molecule has 8 nitrogen and oxygen atoms in total. The number of nitrogens with one attached hydrogen (secondary N) is 2. The highest BCUT2D eigenvalue weighted by atomic mass is 16.1. The number of likely N-dealkylation sites (N-methyl/N-ethyl adjacent to an activating group) is 1. The van der Waals surface area contributed by atoms with Crippen molar-refractivity contribution in [3.63, 3.8) is 0 Å². The molecular formula is C26H37N7O. The molecule has 1 saturated heterocycles. The zero-order valence-corrected chi connectivity index (χ0v) is 21.3. The van der Waals surface area contributed by atoms with Gasteiger partial charge in [0, 0.05) is 50.1 Å². The minimum Gasteiger partial charge on any atom is -0.369 e. The Morgan fingerprint density at radius 3 is 2.50 bits per heavy atom. The van der Waals surface area contributed by atoms with Crippen LogP contribution in [0.3, 0.4) is 0 Å². The van der Waals surface area contributed by atoms with E-state index in [1.807, 2.05) is 19.9 Å². The smallest absolute Gasteiger partial charge is 0.257 e. The fraction of sp³-hybridized carbons (Fsp3) is 0.538. The van der Waals surface area contributed by atoms with Gasteiger partial charge in [0.15, 0.2) is 0 Å². The molecule has 1 amide bonds. The van der Waals surface area contributed by atoms with Gasteiger partial charge in [-0.1, -0.05) is 32.9 Å². The predicted molar refractivity (Wildman–Crippen MR) is 136 cm³/mol. The molecule has 0 saturated carbocycles. The number of aromatic nitrogens is 2. The zero-order chi connectivity index (χ0) is 24.9. The average Bonchev–Trinajstić information content (AvgIpc) is 2.77. The molecule has 182 valence electrons. The lowest BCUT2D eigenvalue weighted by Crippen LogP contribution is -2.46. The second-order valence-electron chi connectivity index (χ2n) is 11.0. The van der Waals surface area contributed by atoms with Gasteiger partial charge < -0.3 is 20.4 Å². The first-order valence-corrected chi connectivity index (χ1v) is 11.8. The third kappa shape index (κ3) is 7.16. The Morgan fingerprint density at radius 1 is 1.15 bits per heavy atom. The van der Waals surface area contributed by atoms with Crippen LogP contribution in [-0.2, 0) is 6.42 Å². The molecule has 0 radical (unpaired) electrons. The monoisotopic (exact) mass is 463 g/mol. The number of amides is 1. The molecule has 0 unspecified atom stereocenters. The van der Waals surface area contributed by atoms with Gasteiger partial charge in [0.25, 0.3) is 5.91 Å². The summed E-state index contributed by atoms with van der Waals surface area (Å²) in [5.41, 5.74) is 2.22. The topological polar surface area (TPSA) is 97.2 Å². The Hall–Kier alpha value is -3.18. The maximum absolute atomic E-state index is 13.2. The van der Waals surface area contributed by atoms with Gasteiger partial charge >= 0.3 is 0 Å². The molecule has 2 aromatic rings. The Balaban J connectivity index is 1.72. The Bertz CT molecular complexity index is 1040. The first kappa shape index (κ1) is 25.4. The summed E-state index contributed by atoms with van der Waals surface area (Å²) < 4.78 is 0. The molecule has 1 aromatic heterocycles. The summed E-state index contributed by atoms with van der Waals surface area (Å²) in [5, 5.41) is 15.5. The Kier molecular flexibility index (Phi) is 7.78. The maximum atomic E-state index is 13.2. The van der Waals surface area contributed by atoms with E-state index in [4.69, 9.17) is 0 Å². The Labute approximate surface area is 203 Å². The molecule has 0 atom stereocenters. The molecule has 1 aliphatic heterocycles. The number of hydrogen-bond donors (Lipinski definition) is 2. The molecule has 2 heterocycles. The molecule has 1 fully saturated rings. The van der Waals surface area contributed by atoms with Gasteiger partial charge in [0.05, 0.1) is 0 Å². The van der Waals surface area contributed by atoms with E-state index in [0.717, 1.165) is 26.2 Å². The number of rotatable bonds is 7. The largest absolute Gasteiger partial charge is 0.369 e. The molecule has 0 bridgehead atoms. The predicted octanol–water partition coefficient (Wildman–Crippen LogP) is 3.31. The fourth-order valence-electron chi connectivity index (χ4n) is 3.94. The zero-order valence-electron chi connectivity index (χ0n) is 21.3. The third-order valence-corrected chi connectivity index (χ3v) is 5.80. The number of anilines is 2. The number of nitriles is 1. The molecule has 0 spiro atoms. The first-order chi connectivity index (χ1) is 16.0. The van der Waals surface area contributed by atoms with E-state index >= 15 is 0 Å². The second kappa shape index (κ2) is 10.4.